The van der Waals surface area contributed by atoms with Crippen molar-refractivity contribution in [1.29, 1.82) is 0 Å². The summed E-state index contributed by atoms with van der Waals surface area (Å²) >= 11 is 0. The normalized spacial score (nSPS) is 11.6. The summed E-state index contributed by atoms with van der Waals surface area (Å²) in [5.74, 6) is 0.321. The minimum Gasteiger partial charge on any atom is -0.329 e. The van der Waals surface area contributed by atoms with E-state index in [1.165, 1.54) is 0 Å². The molecule has 1 N–H and O–H groups in total. The number of aromatic nitrogens is 4. The van der Waals surface area contributed by atoms with Crippen LogP contribution < -0.4 is 5.56 Å². The predicted octanol–water partition coefficient (Wildman–Crippen LogP) is 2.72. The number of benzene rings is 1. The van der Waals surface area contributed by atoms with E-state index in [9.17, 15) is 9.59 Å². The monoisotopic (exact) mass is 379 g/mol. The van der Waals surface area contributed by atoms with Crippen molar-refractivity contribution in [2.24, 2.45) is 7.05 Å². The Bertz CT molecular complexity index is 1110. The number of nitrogens with one attached hydrogen (secondary N) is 1. The van der Waals surface area contributed by atoms with Crippen molar-refractivity contribution in [3.63, 3.8) is 0 Å². The van der Waals surface area contributed by atoms with Gasteiger partial charge in [-0.15, -0.1) is 0 Å². The van der Waals surface area contributed by atoms with Crippen LogP contribution in [0.4, 0.5) is 0 Å². The van der Waals surface area contributed by atoms with E-state index < -0.39 is 0 Å². The van der Waals surface area contributed by atoms with Crippen LogP contribution in [0.2, 0.25) is 0 Å². The van der Waals surface area contributed by atoms with Crippen LogP contribution in [0.25, 0.3) is 17.0 Å². The molecule has 3 rings (SSSR count). The first-order valence-electron chi connectivity index (χ1n) is 9.24. The van der Waals surface area contributed by atoms with Gasteiger partial charge in [0, 0.05) is 30.4 Å². The largest absolute Gasteiger partial charge is 0.329 e. The van der Waals surface area contributed by atoms with Gasteiger partial charge in [-0.3, -0.25) is 14.3 Å². The lowest BCUT2D eigenvalue weighted by Crippen LogP contribution is -2.36. The maximum absolute atomic E-state index is 12.8. The molecule has 2 aromatic heterocycles. The number of aromatic amines is 1. The van der Waals surface area contributed by atoms with Gasteiger partial charge in [0.25, 0.3) is 5.56 Å². The van der Waals surface area contributed by atoms with E-state index in [-0.39, 0.29) is 24.1 Å². The van der Waals surface area contributed by atoms with Crippen LogP contribution >= 0.6 is 0 Å². The molecule has 0 saturated carbocycles. The molecule has 1 amide bonds. The van der Waals surface area contributed by atoms with E-state index in [1.807, 2.05) is 40.8 Å². The number of hydrogen-bond donors (Lipinski definition) is 1. The molecule has 0 aliphatic rings. The second kappa shape index (κ2) is 7.80. The number of amides is 1. The molecule has 7 nitrogen and oxygen atoms in total. The minimum absolute atomic E-state index is 0.0509. The summed E-state index contributed by atoms with van der Waals surface area (Å²) in [7, 11) is 1.88. The van der Waals surface area contributed by atoms with Gasteiger partial charge >= 0.3 is 0 Å². The number of aryl methyl sites for hydroxylation is 2. The molecule has 0 saturated heterocycles. The van der Waals surface area contributed by atoms with Crippen molar-refractivity contribution >= 4 is 22.9 Å². The zero-order valence-electron chi connectivity index (χ0n) is 16.9. The van der Waals surface area contributed by atoms with Crippen LogP contribution in [-0.2, 0) is 18.4 Å². The molecule has 0 bridgehead atoms. The van der Waals surface area contributed by atoms with Crippen LogP contribution in [0.3, 0.4) is 0 Å². The van der Waals surface area contributed by atoms with Gasteiger partial charge in [0.1, 0.15) is 5.82 Å². The second-order valence-electron chi connectivity index (χ2n) is 7.13. The van der Waals surface area contributed by atoms with Crippen LogP contribution in [-0.4, -0.2) is 36.6 Å². The summed E-state index contributed by atoms with van der Waals surface area (Å²) in [6.07, 6.45) is 3.35. The van der Waals surface area contributed by atoms with Gasteiger partial charge in [-0.05, 0) is 45.9 Å². The number of carbonyl (C=O) groups is 1. The molecule has 0 spiro atoms. The van der Waals surface area contributed by atoms with E-state index >= 15 is 0 Å². The Labute approximate surface area is 163 Å². The van der Waals surface area contributed by atoms with Crippen molar-refractivity contribution in [1.82, 2.24) is 24.6 Å². The van der Waals surface area contributed by atoms with Gasteiger partial charge < -0.3 is 9.88 Å². The van der Waals surface area contributed by atoms with Gasteiger partial charge in [-0.2, -0.15) is 5.10 Å². The smallest absolute Gasteiger partial charge is 0.258 e. The Morgan fingerprint density at radius 1 is 1.29 bits per heavy atom. The Balaban J connectivity index is 1.86. The molecule has 3 aromatic rings. The maximum atomic E-state index is 12.8. The number of hydrogen-bond acceptors (Lipinski definition) is 4. The van der Waals surface area contributed by atoms with Gasteiger partial charge in [0.15, 0.2) is 0 Å². The summed E-state index contributed by atoms with van der Waals surface area (Å²) in [6, 6.07) is 7.12. The number of carbonyl (C=O) groups excluding carboxylic acids is 1. The molecule has 0 aliphatic heterocycles. The summed E-state index contributed by atoms with van der Waals surface area (Å²) in [5.41, 5.74) is 3.24. The first kappa shape index (κ1) is 19.5. The van der Waals surface area contributed by atoms with Gasteiger partial charge in [0.2, 0.25) is 5.91 Å². The number of para-hydroxylation sites is 1. The van der Waals surface area contributed by atoms with Gasteiger partial charge in [-0.25, -0.2) is 4.98 Å². The van der Waals surface area contributed by atoms with Crippen LogP contribution in [0.15, 0.2) is 35.1 Å². The first-order chi connectivity index (χ1) is 13.3. The van der Waals surface area contributed by atoms with Crippen LogP contribution in [0, 0.1) is 13.8 Å². The van der Waals surface area contributed by atoms with Crippen molar-refractivity contribution in [3.05, 3.63) is 63.5 Å². The van der Waals surface area contributed by atoms with Gasteiger partial charge in [0.05, 0.1) is 23.1 Å². The molecule has 0 unspecified atom stereocenters. The molecule has 146 valence electrons. The highest BCUT2D eigenvalue weighted by molar-refractivity contribution is 5.92. The molecule has 0 atom stereocenters. The molecular weight excluding hydrogens is 354 g/mol. The molecular formula is C21H25N5O2. The average Bonchev–Trinajstić information content (AvgIpc) is 2.89. The molecule has 0 fully saturated rings. The Morgan fingerprint density at radius 3 is 2.64 bits per heavy atom. The number of fused-ring (bicyclic) bond motifs is 1. The van der Waals surface area contributed by atoms with Gasteiger partial charge in [-0.1, -0.05) is 12.1 Å². The molecule has 1 aromatic carbocycles. The lowest BCUT2D eigenvalue weighted by Gasteiger charge is -2.25. The van der Waals surface area contributed by atoms with Crippen molar-refractivity contribution < 1.29 is 4.79 Å². The Kier molecular flexibility index (Phi) is 5.44. The zero-order valence-corrected chi connectivity index (χ0v) is 16.9. The lowest BCUT2D eigenvalue weighted by molar-refractivity contribution is -0.128. The van der Waals surface area contributed by atoms with E-state index in [0.717, 1.165) is 17.0 Å². The summed E-state index contributed by atoms with van der Waals surface area (Å²) < 4.78 is 1.80. The fourth-order valence-corrected chi connectivity index (χ4v) is 3.17. The molecule has 2 heterocycles. The summed E-state index contributed by atoms with van der Waals surface area (Å²) in [4.78, 5) is 34.1. The molecule has 0 radical (unpaired) electrons. The zero-order chi connectivity index (χ0) is 20.4. The highest BCUT2D eigenvalue weighted by atomic mass is 16.2. The predicted molar refractivity (Wildman–Crippen MR) is 110 cm³/mol. The summed E-state index contributed by atoms with van der Waals surface area (Å²) in [5, 5.41) is 4.90. The highest BCUT2D eigenvalue weighted by Crippen LogP contribution is 2.15. The lowest BCUT2D eigenvalue weighted by atomic mass is 10.1. The SMILES string of the molecule is Cc1nn(C)c(C)c1/C=C/C(=O)N(Cc1nc2ccccc2c(=O)[nH]1)C(C)C. The number of rotatable bonds is 5. The minimum atomic E-state index is -0.200. The first-order valence-corrected chi connectivity index (χ1v) is 9.24. The third-order valence-electron chi connectivity index (χ3n) is 4.85. The third-order valence-corrected chi connectivity index (χ3v) is 4.85. The highest BCUT2D eigenvalue weighted by Gasteiger charge is 2.17. The van der Waals surface area contributed by atoms with E-state index in [1.54, 1.807) is 39.9 Å². The average molecular weight is 379 g/mol. The number of nitrogens with zero attached hydrogens (tertiary/aromatic N) is 4. The Hall–Kier alpha value is -3.22. The molecule has 0 aliphatic carbocycles. The van der Waals surface area contributed by atoms with Crippen LogP contribution in [0.1, 0.15) is 36.6 Å². The fourth-order valence-electron chi connectivity index (χ4n) is 3.17. The van der Waals surface area contributed by atoms with Crippen molar-refractivity contribution in [2.75, 3.05) is 0 Å². The Morgan fingerprint density at radius 2 is 2.00 bits per heavy atom. The standard InChI is InChI=1S/C21H25N5O2/c1-13(2)26(20(27)11-10-16-14(3)24-25(5)15(16)4)12-19-22-18-9-7-6-8-17(18)21(28)23-19/h6-11,13H,12H2,1-5H3,(H,22,23,28)/b11-10+. The fraction of sp³-hybridized carbons (Fsp3) is 0.333. The molecule has 7 heteroatoms. The third kappa shape index (κ3) is 3.88. The number of H-pyrrole nitrogens is 1. The molecule has 28 heavy (non-hydrogen) atoms. The quantitative estimate of drug-likeness (QED) is 0.691. The topological polar surface area (TPSA) is 83.9 Å². The second-order valence-corrected chi connectivity index (χ2v) is 7.13. The van der Waals surface area contributed by atoms with Crippen molar-refractivity contribution in [3.8, 4) is 0 Å². The van der Waals surface area contributed by atoms with Crippen LogP contribution in [0.5, 0.6) is 0 Å². The van der Waals surface area contributed by atoms with E-state index in [0.29, 0.717) is 16.7 Å². The van der Waals surface area contributed by atoms with E-state index in [4.69, 9.17) is 0 Å². The van der Waals surface area contributed by atoms with E-state index in [2.05, 4.69) is 15.1 Å². The maximum Gasteiger partial charge on any atom is 0.258 e. The summed E-state index contributed by atoms with van der Waals surface area (Å²) in [6.45, 7) is 7.98. The van der Waals surface area contributed by atoms with Crippen molar-refractivity contribution in [2.45, 2.75) is 40.3 Å².